The molecule has 0 aromatic heterocycles. The van der Waals surface area contributed by atoms with Crippen LogP contribution in [0.2, 0.25) is 0 Å². The van der Waals surface area contributed by atoms with E-state index in [0.29, 0.717) is 0 Å². The van der Waals surface area contributed by atoms with Gasteiger partial charge in [0.15, 0.2) is 18.0 Å². The van der Waals surface area contributed by atoms with Crippen molar-refractivity contribution >= 4 is 35.6 Å². The third kappa shape index (κ3) is 5.09. The van der Waals surface area contributed by atoms with E-state index in [4.69, 9.17) is 28.4 Å². The van der Waals surface area contributed by atoms with Gasteiger partial charge in [-0.2, -0.15) is 0 Å². The number of ether oxygens (including phenoxy) is 6. The summed E-state index contributed by atoms with van der Waals surface area (Å²) >= 11 is 0. The second kappa shape index (κ2) is 11.9. The van der Waals surface area contributed by atoms with E-state index in [-0.39, 0.29) is 31.4 Å². The summed E-state index contributed by atoms with van der Waals surface area (Å²) in [5.41, 5.74) is -6.49. The summed E-state index contributed by atoms with van der Waals surface area (Å²) in [5.74, 6) is -8.30. The lowest BCUT2D eigenvalue weighted by Crippen LogP contribution is -2.75. The third-order valence-electron chi connectivity index (χ3n) is 11.8. The molecule has 1 aromatic carbocycles. The molecule has 1 aliphatic heterocycles. The Morgan fingerprint density at radius 1 is 0.898 bits per heavy atom. The van der Waals surface area contributed by atoms with Crippen LogP contribution in [0.4, 0.5) is 0 Å². The maximum absolute atomic E-state index is 15.4. The zero-order valence-electron chi connectivity index (χ0n) is 28.8. The minimum atomic E-state index is -2.03. The average molecular weight is 685 g/mol. The third-order valence-corrected chi connectivity index (χ3v) is 11.8. The quantitative estimate of drug-likeness (QED) is 0.328. The van der Waals surface area contributed by atoms with Crippen molar-refractivity contribution in [1.29, 1.82) is 0 Å². The summed E-state index contributed by atoms with van der Waals surface area (Å²) in [5, 5.41) is 12.9. The lowest BCUT2D eigenvalue weighted by atomic mass is 9.42. The predicted molar refractivity (Wildman–Crippen MR) is 166 cm³/mol. The Hall–Kier alpha value is -3.84. The predicted octanol–water partition coefficient (Wildman–Crippen LogP) is 2.73. The molecule has 49 heavy (non-hydrogen) atoms. The van der Waals surface area contributed by atoms with Crippen LogP contribution in [0, 0.1) is 35.0 Å². The van der Waals surface area contributed by atoms with Gasteiger partial charge in [0.2, 0.25) is 0 Å². The first kappa shape index (κ1) is 35.0. The van der Waals surface area contributed by atoms with Gasteiger partial charge >= 0.3 is 29.8 Å². The number of rotatable bonds is 7. The smallest absolute Gasteiger partial charge is 0.338 e. The van der Waals surface area contributed by atoms with E-state index in [1.54, 1.807) is 58.0 Å². The molecule has 13 atom stereocenters. The fourth-order valence-electron chi connectivity index (χ4n) is 10.3. The molecule has 1 aromatic rings. The highest BCUT2D eigenvalue weighted by atomic mass is 16.6. The van der Waals surface area contributed by atoms with Crippen LogP contribution in [0.15, 0.2) is 30.3 Å². The Kier molecular flexibility index (Phi) is 8.50. The van der Waals surface area contributed by atoms with Gasteiger partial charge in [-0.1, -0.05) is 32.0 Å². The molecular weight excluding hydrogens is 640 g/mol. The van der Waals surface area contributed by atoms with Crippen LogP contribution in [0.5, 0.6) is 0 Å². The fraction of sp³-hybridized carbons (Fsp3) is 0.667. The van der Waals surface area contributed by atoms with Crippen LogP contribution in [0.3, 0.4) is 0 Å². The first-order chi connectivity index (χ1) is 22.9. The maximum Gasteiger partial charge on any atom is 0.338 e. The Balaban J connectivity index is 1.61. The normalized spacial score (nSPS) is 43.0. The van der Waals surface area contributed by atoms with Crippen molar-refractivity contribution in [3.8, 4) is 0 Å². The second-order valence-corrected chi connectivity index (χ2v) is 14.9. The molecule has 4 aliphatic carbocycles. The molecular formula is C36H44O13. The zero-order chi connectivity index (χ0) is 35.8. The molecule has 0 amide bonds. The summed E-state index contributed by atoms with van der Waals surface area (Å²) < 4.78 is 36.6. The lowest BCUT2D eigenvalue weighted by Gasteiger charge is -2.64. The van der Waals surface area contributed by atoms with E-state index in [1.165, 1.54) is 13.8 Å². The number of fused-ring (bicyclic) bond motifs is 2. The average Bonchev–Trinajstić information content (AvgIpc) is 3.44. The Labute approximate surface area is 284 Å². The number of ketones is 1. The van der Waals surface area contributed by atoms with E-state index in [1.807, 2.05) is 0 Å². The van der Waals surface area contributed by atoms with Crippen LogP contribution < -0.4 is 0 Å². The van der Waals surface area contributed by atoms with Crippen LogP contribution >= 0.6 is 0 Å². The molecule has 266 valence electrons. The molecule has 1 heterocycles. The van der Waals surface area contributed by atoms with Crippen molar-refractivity contribution in [1.82, 2.24) is 0 Å². The van der Waals surface area contributed by atoms with Crippen molar-refractivity contribution in [2.75, 3.05) is 6.61 Å². The van der Waals surface area contributed by atoms with E-state index >= 15 is 4.79 Å². The first-order valence-electron chi connectivity index (χ1n) is 16.8. The number of hydrogen-bond donors (Lipinski definition) is 1. The van der Waals surface area contributed by atoms with Gasteiger partial charge in [0.25, 0.3) is 0 Å². The standard InChI is InChI=1S/C36H44O13/c1-8-23(40)47-26-17(2)14-36(43)25(26)30(45-18(3)37)35-16-44-34(7,32(36)46-19(4)38)28(35)24-22(15-33(24,6)49-20(5)39)27(29(35)41)48-31(42)21-12-10-9-11-13-21/h9-13,17,22,24-28,30,32,43H,8,14-16H2,1-7H3. The van der Waals surface area contributed by atoms with Gasteiger partial charge in [-0.25, -0.2) is 4.79 Å². The van der Waals surface area contributed by atoms with Crippen LogP contribution in [0.1, 0.15) is 78.1 Å². The number of Topliss-reactive ketones (excluding diaryl/α,β-unsaturated/α-hetero) is 1. The van der Waals surface area contributed by atoms with Gasteiger partial charge in [0, 0.05) is 44.9 Å². The highest BCUT2D eigenvalue weighted by Gasteiger charge is 2.86. The molecule has 4 saturated carbocycles. The van der Waals surface area contributed by atoms with E-state index in [9.17, 15) is 29.1 Å². The highest BCUT2D eigenvalue weighted by Crippen LogP contribution is 2.72. The molecule has 13 heteroatoms. The monoisotopic (exact) mass is 684 g/mol. The van der Waals surface area contributed by atoms with Crippen molar-refractivity contribution in [3.63, 3.8) is 0 Å². The fourth-order valence-corrected chi connectivity index (χ4v) is 10.3. The van der Waals surface area contributed by atoms with Crippen molar-refractivity contribution in [2.45, 2.75) is 109 Å². The highest BCUT2D eigenvalue weighted by molar-refractivity contribution is 5.97. The summed E-state index contributed by atoms with van der Waals surface area (Å²) in [4.78, 5) is 80.1. The largest absolute Gasteiger partial charge is 0.462 e. The van der Waals surface area contributed by atoms with E-state index in [2.05, 4.69) is 0 Å². The lowest BCUT2D eigenvalue weighted by molar-refractivity contribution is -0.257. The van der Waals surface area contributed by atoms with Crippen molar-refractivity contribution in [2.24, 2.45) is 35.0 Å². The van der Waals surface area contributed by atoms with E-state index in [0.717, 1.165) is 6.92 Å². The van der Waals surface area contributed by atoms with E-state index < -0.39 is 112 Å². The van der Waals surface area contributed by atoms with Crippen LogP contribution in [-0.4, -0.2) is 88.6 Å². The molecule has 13 nitrogen and oxygen atoms in total. The second-order valence-electron chi connectivity index (χ2n) is 14.9. The first-order valence-corrected chi connectivity index (χ1v) is 16.8. The van der Waals surface area contributed by atoms with Gasteiger partial charge < -0.3 is 33.5 Å². The number of aliphatic hydroxyl groups is 1. The van der Waals surface area contributed by atoms with Crippen LogP contribution in [0.25, 0.3) is 0 Å². The zero-order valence-corrected chi connectivity index (χ0v) is 28.8. The molecule has 5 fully saturated rings. The minimum Gasteiger partial charge on any atom is -0.462 e. The molecule has 1 saturated heterocycles. The summed E-state index contributed by atoms with van der Waals surface area (Å²) in [6.45, 7) is 9.95. The SMILES string of the molecule is CCC(=O)OC1C(C)CC2(O)C1C(OC(C)=O)C13COC(C)(C2OC(C)=O)C1C1C(CC1(C)OC(C)=O)C(OC(=O)c1ccccc1)C3=O. The van der Waals surface area contributed by atoms with Crippen molar-refractivity contribution in [3.05, 3.63) is 35.9 Å². The molecule has 5 aliphatic rings. The van der Waals surface area contributed by atoms with Gasteiger partial charge in [-0.3, -0.25) is 24.0 Å². The Morgan fingerprint density at radius 2 is 1.55 bits per heavy atom. The topological polar surface area (TPSA) is 178 Å². The number of hydrogen-bond acceptors (Lipinski definition) is 13. The maximum atomic E-state index is 15.4. The van der Waals surface area contributed by atoms with Gasteiger partial charge in [0.1, 0.15) is 29.0 Å². The molecule has 6 rings (SSSR count). The Morgan fingerprint density at radius 3 is 2.14 bits per heavy atom. The number of carbonyl (C=O) groups excluding carboxylic acids is 6. The Bertz CT molecular complexity index is 1580. The van der Waals surface area contributed by atoms with Gasteiger partial charge in [-0.15, -0.1) is 0 Å². The summed E-state index contributed by atoms with van der Waals surface area (Å²) in [6.07, 6.45) is -5.32. The van der Waals surface area contributed by atoms with Gasteiger partial charge in [0.05, 0.1) is 23.5 Å². The van der Waals surface area contributed by atoms with Crippen LogP contribution in [-0.2, 0) is 52.4 Å². The minimum absolute atomic E-state index is 0.00943. The molecule has 0 radical (unpaired) electrons. The summed E-state index contributed by atoms with van der Waals surface area (Å²) in [7, 11) is 0. The van der Waals surface area contributed by atoms with Gasteiger partial charge in [-0.05, 0) is 44.7 Å². The number of carbonyl (C=O) groups is 6. The molecule has 1 N–H and O–H groups in total. The number of esters is 5. The molecule has 2 bridgehead atoms. The molecule has 0 spiro atoms. The summed E-state index contributed by atoms with van der Waals surface area (Å²) in [6, 6.07) is 8.15. The number of benzene rings is 1. The van der Waals surface area contributed by atoms with Crippen molar-refractivity contribution < 1.29 is 62.3 Å². The molecule has 13 unspecified atom stereocenters.